The van der Waals surface area contributed by atoms with E-state index in [1.807, 2.05) is 13.0 Å². The number of nitrogens with two attached hydrogens (primary N) is 1. The van der Waals surface area contributed by atoms with E-state index in [9.17, 15) is 0 Å². The van der Waals surface area contributed by atoms with Crippen LogP contribution in [0.4, 0.5) is 5.69 Å². The average molecular weight is 147 g/mol. The van der Waals surface area contributed by atoms with Crippen molar-refractivity contribution in [2.24, 2.45) is 0 Å². The van der Waals surface area contributed by atoms with Gasteiger partial charge < -0.3 is 5.73 Å². The molecule has 11 heavy (non-hydrogen) atoms. The maximum atomic E-state index is 8.51. The lowest BCUT2D eigenvalue weighted by atomic mass is 10.2. The molecule has 3 nitrogen and oxygen atoms in total. The van der Waals surface area contributed by atoms with Gasteiger partial charge in [0.15, 0.2) is 0 Å². The molecule has 0 radical (unpaired) electrons. The second kappa shape index (κ2) is 3.02. The van der Waals surface area contributed by atoms with Gasteiger partial charge in [0.25, 0.3) is 0 Å². The van der Waals surface area contributed by atoms with Crippen LogP contribution in [-0.2, 0) is 6.42 Å². The fourth-order valence-corrected chi connectivity index (χ4v) is 0.803. The number of nitrogen functional groups attached to an aromatic ring is 1. The molecule has 1 aromatic heterocycles. The van der Waals surface area contributed by atoms with Crippen molar-refractivity contribution in [1.29, 1.82) is 5.26 Å². The number of nitriles is 1. The summed E-state index contributed by atoms with van der Waals surface area (Å²) in [6.07, 6.45) is 2.35. The smallest absolute Gasteiger partial charge is 0.103 e. The largest absolute Gasteiger partial charge is 0.398 e. The Kier molecular flexibility index (Phi) is 2.07. The van der Waals surface area contributed by atoms with Gasteiger partial charge in [0.1, 0.15) is 6.07 Å². The van der Waals surface area contributed by atoms with Crippen molar-refractivity contribution in [2.45, 2.75) is 13.3 Å². The number of nitrogens with zero attached hydrogens (tertiary/aromatic N) is 2. The molecule has 0 unspecified atom stereocenters. The van der Waals surface area contributed by atoms with Crippen molar-refractivity contribution in [3.63, 3.8) is 0 Å². The second-order valence-electron chi connectivity index (χ2n) is 2.23. The average Bonchev–Trinajstić information content (AvgIpc) is 2.04. The van der Waals surface area contributed by atoms with Crippen LogP contribution in [0, 0.1) is 11.3 Å². The van der Waals surface area contributed by atoms with Gasteiger partial charge in [-0.1, -0.05) is 6.92 Å². The van der Waals surface area contributed by atoms with Gasteiger partial charge in [-0.05, 0) is 12.5 Å². The summed E-state index contributed by atoms with van der Waals surface area (Å²) in [6, 6.07) is 3.69. The summed E-state index contributed by atoms with van der Waals surface area (Å²) in [5, 5.41) is 8.51. The number of pyridine rings is 1. The highest BCUT2D eigenvalue weighted by molar-refractivity contribution is 5.52. The first-order valence-corrected chi connectivity index (χ1v) is 3.42. The van der Waals surface area contributed by atoms with Crippen LogP contribution in [0.25, 0.3) is 0 Å². The van der Waals surface area contributed by atoms with Crippen molar-refractivity contribution in [1.82, 2.24) is 4.98 Å². The van der Waals surface area contributed by atoms with Gasteiger partial charge in [-0.2, -0.15) is 5.26 Å². The van der Waals surface area contributed by atoms with Gasteiger partial charge in [0, 0.05) is 11.9 Å². The quantitative estimate of drug-likeness (QED) is 0.646. The molecule has 0 aliphatic heterocycles. The van der Waals surface area contributed by atoms with Gasteiger partial charge in [0.2, 0.25) is 0 Å². The van der Waals surface area contributed by atoms with Crippen LogP contribution in [0.3, 0.4) is 0 Å². The Balaban J connectivity index is 3.12. The molecule has 1 aromatic rings. The van der Waals surface area contributed by atoms with E-state index in [4.69, 9.17) is 11.0 Å². The predicted molar refractivity (Wildman–Crippen MR) is 42.7 cm³/mol. The minimum Gasteiger partial charge on any atom is -0.398 e. The van der Waals surface area contributed by atoms with Gasteiger partial charge in [0.05, 0.1) is 11.3 Å². The third kappa shape index (κ3) is 1.47. The Morgan fingerprint density at radius 2 is 2.45 bits per heavy atom. The Bertz CT molecular complexity index is 299. The maximum absolute atomic E-state index is 8.51. The van der Waals surface area contributed by atoms with Crippen LogP contribution in [0.1, 0.15) is 18.2 Å². The zero-order valence-electron chi connectivity index (χ0n) is 6.33. The monoisotopic (exact) mass is 147 g/mol. The minimum absolute atomic E-state index is 0.446. The zero-order valence-corrected chi connectivity index (χ0v) is 6.33. The third-order valence-corrected chi connectivity index (χ3v) is 1.48. The summed E-state index contributed by atoms with van der Waals surface area (Å²) in [6.45, 7) is 1.99. The first-order valence-electron chi connectivity index (χ1n) is 3.42. The van der Waals surface area contributed by atoms with Gasteiger partial charge in [-0.3, -0.25) is 4.98 Å². The van der Waals surface area contributed by atoms with Crippen LogP contribution in [0.2, 0.25) is 0 Å². The van der Waals surface area contributed by atoms with Crippen molar-refractivity contribution in [3.8, 4) is 6.07 Å². The maximum Gasteiger partial charge on any atom is 0.103 e. The number of rotatable bonds is 1. The molecule has 0 aliphatic rings. The van der Waals surface area contributed by atoms with Gasteiger partial charge >= 0.3 is 0 Å². The van der Waals surface area contributed by atoms with Crippen molar-refractivity contribution in [3.05, 3.63) is 23.5 Å². The van der Waals surface area contributed by atoms with Crippen molar-refractivity contribution >= 4 is 5.69 Å². The molecule has 0 saturated heterocycles. The molecule has 0 aromatic carbocycles. The fraction of sp³-hybridized carbons (Fsp3) is 0.250. The molecule has 0 atom stereocenters. The Morgan fingerprint density at radius 3 is 2.91 bits per heavy atom. The second-order valence-corrected chi connectivity index (χ2v) is 2.23. The van der Waals surface area contributed by atoms with Crippen molar-refractivity contribution in [2.75, 3.05) is 5.73 Å². The van der Waals surface area contributed by atoms with E-state index in [0.717, 1.165) is 12.1 Å². The highest BCUT2D eigenvalue weighted by Crippen LogP contribution is 2.09. The summed E-state index contributed by atoms with van der Waals surface area (Å²) in [7, 11) is 0. The lowest BCUT2D eigenvalue weighted by Gasteiger charge is -1.98. The SMILES string of the molecule is CCc1cc(N)c(C#N)cn1. The van der Waals surface area contributed by atoms with E-state index in [0.29, 0.717) is 11.3 Å². The molecule has 0 amide bonds. The number of hydrogen-bond donors (Lipinski definition) is 1. The topological polar surface area (TPSA) is 62.7 Å². The first-order chi connectivity index (χ1) is 5.27. The van der Waals surface area contributed by atoms with Gasteiger partial charge in [-0.25, -0.2) is 0 Å². The Hall–Kier alpha value is -1.56. The number of aryl methyl sites for hydroxylation is 1. The molecule has 0 fully saturated rings. The molecule has 56 valence electrons. The molecule has 0 bridgehead atoms. The summed E-state index contributed by atoms with van der Waals surface area (Å²) in [4.78, 5) is 4.03. The molecule has 1 rings (SSSR count). The van der Waals surface area contributed by atoms with E-state index in [1.54, 1.807) is 6.07 Å². The molecule has 1 heterocycles. The molecular formula is C8H9N3. The number of aromatic nitrogens is 1. The number of hydrogen-bond acceptors (Lipinski definition) is 3. The lowest BCUT2D eigenvalue weighted by Crippen LogP contribution is -1.95. The third-order valence-electron chi connectivity index (χ3n) is 1.48. The predicted octanol–water partition coefficient (Wildman–Crippen LogP) is 1.10. The molecule has 2 N–H and O–H groups in total. The van der Waals surface area contributed by atoms with E-state index >= 15 is 0 Å². The highest BCUT2D eigenvalue weighted by Gasteiger charge is 1.98. The van der Waals surface area contributed by atoms with Crippen LogP contribution in [0.5, 0.6) is 0 Å². The van der Waals surface area contributed by atoms with E-state index in [2.05, 4.69) is 4.98 Å². The molecule has 0 aliphatic carbocycles. The molecular weight excluding hydrogens is 138 g/mol. The van der Waals surface area contributed by atoms with Gasteiger partial charge in [-0.15, -0.1) is 0 Å². The molecule has 3 heteroatoms. The normalized spacial score (nSPS) is 9.09. The van der Waals surface area contributed by atoms with Crippen LogP contribution >= 0.6 is 0 Å². The fourth-order valence-electron chi connectivity index (χ4n) is 0.803. The first kappa shape index (κ1) is 7.55. The van der Waals surface area contributed by atoms with Crippen LogP contribution in [0.15, 0.2) is 12.3 Å². The Morgan fingerprint density at radius 1 is 1.73 bits per heavy atom. The molecule has 0 saturated carbocycles. The lowest BCUT2D eigenvalue weighted by molar-refractivity contribution is 1.03. The zero-order chi connectivity index (χ0) is 8.27. The van der Waals surface area contributed by atoms with E-state index in [1.165, 1.54) is 6.20 Å². The number of anilines is 1. The standard InChI is InChI=1S/C8H9N3/c1-2-7-3-8(10)6(4-9)5-11-7/h3,5H,2H2,1H3,(H2,10,11). The Labute approximate surface area is 65.5 Å². The minimum atomic E-state index is 0.446. The summed E-state index contributed by atoms with van der Waals surface area (Å²) in [5.41, 5.74) is 7.42. The summed E-state index contributed by atoms with van der Waals surface area (Å²) in [5.74, 6) is 0. The summed E-state index contributed by atoms with van der Waals surface area (Å²) >= 11 is 0. The van der Waals surface area contributed by atoms with Crippen LogP contribution in [-0.4, -0.2) is 4.98 Å². The van der Waals surface area contributed by atoms with Crippen molar-refractivity contribution < 1.29 is 0 Å². The van der Waals surface area contributed by atoms with E-state index in [-0.39, 0.29) is 0 Å². The van der Waals surface area contributed by atoms with Crippen LogP contribution < -0.4 is 5.73 Å². The molecule has 0 spiro atoms. The summed E-state index contributed by atoms with van der Waals surface area (Å²) < 4.78 is 0. The van der Waals surface area contributed by atoms with E-state index < -0.39 is 0 Å². The highest BCUT2D eigenvalue weighted by atomic mass is 14.7.